The van der Waals surface area contributed by atoms with Crippen LogP contribution in [0.3, 0.4) is 0 Å². The molecule has 14 heavy (non-hydrogen) atoms. The highest BCUT2D eigenvalue weighted by molar-refractivity contribution is 14.1. The molecule has 0 bridgehead atoms. The predicted molar refractivity (Wildman–Crippen MR) is 63.7 cm³/mol. The van der Waals surface area contributed by atoms with E-state index >= 15 is 0 Å². The predicted octanol–water partition coefficient (Wildman–Crippen LogP) is 2.47. The maximum Gasteiger partial charge on any atom is 0.287 e. The average molecular weight is 307 g/mol. The van der Waals surface area contributed by atoms with Crippen LogP contribution in [0.5, 0.6) is 0 Å². The summed E-state index contributed by atoms with van der Waals surface area (Å²) in [5, 5.41) is 2.93. The smallest absolute Gasteiger partial charge is 0.287 e. The number of alkyl halides is 1. The molecule has 0 radical (unpaired) electrons. The van der Waals surface area contributed by atoms with Gasteiger partial charge in [0.25, 0.3) is 5.91 Å². The molecule has 3 nitrogen and oxygen atoms in total. The summed E-state index contributed by atoms with van der Waals surface area (Å²) in [5.41, 5.74) is 0. The first kappa shape index (κ1) is 11.6. The van der Waals surface area contributed by atoms with Gasteiger partial charge in [0, 0.05) is 10.5 Å². The lowest BCUT2D eigenvalue weighted by molar-refractivity contribution is 0.0904. The Bertz CT molecular complexity index is 282. The van der Waals surface area contributed by atoms with Crippen LogP contribution in [0, 0.1) is 5.92 Å². The van der Waals surface area contributed by atoms with Gasteiger partial charge in [0.05, 0.1) is 6.26 Å². The largest absolute Gasteiger partial charge is 0.459 e. The fourth-order valence-electron chi connectivity index (χ4n) is 1.03. The Morgan fingerprint density at radius 2 is 2.36 bits per heavy atom. The molecule has 1 heterocycles. The maximum atomic E-state index is 11.6. The molecule has 1 N–H and O–H groups in total. The van der Waals surface area contributed by atoms with E-state index in [9.17, 15) is 4.79 Å². The lowest BCUT2D eigenvalue weighted by Crippen LogP contribution is -2.39. The summed E-state index contributed by atoms with van der Waals surface area (Å²) < 4.78 is 5.91. The van der Waals surface area contributed by atoms with Gasteiger partial charge in [0.15, 0.2) is 5.76 Å². The fraction of sp³-hybridized carbons (Fsp3) is 0.500. The Labute approximate surface area is 97.4 Å². The number of hydrogen-bond donors (Lipinski definition) is 1. The minimum Gasteiger partial charge on any atom is -0.459 e. The fourth-order valence-corrected chi connectivity index (χ4v) is 2.27. The van der Waals surface area contributed by atoms with Crippen molar-refractivity contribution in [1.82, 2.24) is 5.32 Å². The topological polar surface area (TPSA) is 42.2 Å². The van der Waals surface area contributed by atoms with E-state index < -0.39 is 0 Å². The van der Waals surface area contributed by atoms with Gasteiger partial charge in [0.1, 0.15) is 0 Å². The van der Waals surface area contributed by atoms with Gasteiger partial charge < -0.3 is 9.73 Å². The number of hydrogen-bond acceptors (Lipinski definition) is 2. The molecule has 0 spiro atoms. The summed E-state index contributed by atoms with van der Waals surface area (Å²) >= 11 is 2.27. The number of halogens is 1. The quantitative estimate of drug-likeness (QED) is 0.686. The van der Waals surface area contributed by atoms with Gasteiger partial charge in [-0.05, 0) is 18.1 Å². The maximum absolute atomic E-state index is 11.6. The van der Waals surface area contributed by atoms with E-state index in [0.29, 0.717) is 11.7 Å². The van der Waals surface area contributed by atoms with Gasteiger partial charge >= 0.3 is 0 Å². The number of carbonyl (C=O) groups is 1. The Hall–Kier alpha value is -0.520. The van der Waals surface area contributed by atoms with Crippen molar-refractivity contribution in [2.24, 2.45) is 5.92 Å². The standard InChI is InChI=1S/C10H14INO2/c1-7(2)8(6-11)12-10(13)9-4-3-5-14-9/h3-5,7-8H,6H2,1-2H3,(H,12,13). The van der Waals surface area contributed by atoms with Gasteiger partial charge in [0.2, 0.25) is 0 Å². The van der Waals surface area contributed by atoms with Crippen LogP contribution in [-0.4, -0.2) is 16.4 Å². The summed E-state index contributed by atoms with van der Waals surface area (Å²) in [6.07, 6.45) is 1.50. The van der Waals surface area contributed by atoms with Gasteiger partial charge in [-0.15, -0.1) is 0 Å². The summed E-state index contributed by atoms with van der Waals surface area (Å²) in [5.74, 6) is 0.677. The second kappa shape index (κ2) is 5.38. The van der Waals surface area contributed by atoms with Crippen molar-refractivity contribution in [3.8, 4) is 0 Å². The molecular formula is C10H14INO2. The van der Waals surface area contributed by atoms with Crippen molar-refractivity contribution in [2.75, 3.05) is 4.43 Å². The molecule has 78 valence electrons. The van der Waals surface area contributed by atoms with Crippen LogP contribution in [0.15, 0.2) is 22.8 Å². The van der Waals surface area contributed by atoms with Crippen molar-refractivity contribution in [3.63, 3.8) is 0 Å². The van der Waals surface area contributed by atoms with Crippen molar-refractivity contribution in [3.05, 3.63) is 24.2 Å². The van der Waals surface area contributed by atoms with Gasteiger partial charge in [-0.3, -0.25) is 4.79 Å². The zero-order chi connectivity index (χ0) is 10.6. The van der Waals surface area contributed by atoms with Crippen molar-refractivity contribution in [2.45, 2.75) is 19.9 Å². The highest BCUT2D eigenvalue weighted by atomic mass is 127. The minimum absolute atomic E-state index is 0.134. The van der Waals surface area contributed by atoms with Crippen LogP contribution in [0.2, 0.25) is 0 Å². The van der Waals surface area contributed by atoms with Crippen molar-refractivity contribution < 1.29 is 9.21 Å². The third kappa shape index (κ3) is 3.01. The molecule has 1 amide bonds. The zero-order valence-electron chi connectivity index (χ0n) is 8.29. The van der Waals surface area contributed by atoms with E-state index in [1.54, 1.807) is 12.1 Å². The normalized spacial score (nSPS) is 12.9. The highest BCUT2D eigenvalue weighted by Crippen LogP contribution is 2.07. The van der Waals surface area contributed by atoms with E-state index in [0.717, 1.165) is 4.43 Å². The second-order valence-electron chi connectivity index (χ2n) is 3.46. The Morgan fingerprint density at radius 3 is 2.79 bits per heavy atom. The average Bonchev–Trinajstić information content (AvgIpc) is 2.65. The molecule has 0 aliphatic rings. The van der Waals surface area contributed by atoms with E-state index in [4.69, 9.17) is 4.42 Å². The second-order valence-corrected chi connectivity index (χ2v) is 4.34. The molecule has 1 unspecified atom stereocenters. The number of amides is 1. The monoisotopic (exact) mass is 307 g/mol. The lowest BCUT2D eigenvalue weighted by atomic mass is 10.1. The van der Waals surface area contributed by atoms with E-state index in [1.165, 1.54) is 6.26 Å². The minimum atomic E-state index is -0.134. The van der Waals surface area contributed by atoms with Crippen LogP contribution >= 0.6 is 22.6 Å². The van der Waals surface area contributed by atoms with Gasteiger partial charge in [-0.1, -0.05) is 36.4 Å². The lowest BCUT2D eigenvalue weighted by Gasteiger charge is -2.18. The summed E-state index contributed by atoms with van der Waals surface area (Å²) in [4.78, 5) is 11.6. The SMILES string of the molecule is CC(C)C(CI)NC(=O)c1ccco1. The zero-order valence-corrected chi connectivity index (χ0v) is 10.4. The van der Waals surface area contributed by atoms with Gasteiger partial charge in [-0.25, -0.2) is 0 Å². The first-order valence-corrected chi connectivity index (χ1v) is 6.08. The van der Waals surface area contributed by atoms with Crippen LogP contribution in [0.25, 0.3) is 0 Å². The van der Waals surface area contributed by atoms with Crippen molar-refractivity contribution in [1.29, 1.82) is 0 Å². The van der Waals surface area contributed by atoms with E-state index in [-0.39, 0.29) is 11.9 Å². The summed E-state index contributed by atoms with van der Waals surface area (Å²) in [6, 6.07) is 3.58. The van der Waals surface area contributed by atoms with Crippen LogP contribution < -0.4 is 5.32 Å². The van der Waals surface area contributed by atoms with Crippen LogP contribution in [-0.2, 0) is 0 Å². The molecule has 1 aromatic rings. The highest BCUT2D eigenvalue weighted by Gasteiger charge is 2.16. The molecule has 0 aromatic carbocycles. The Kier molecular flexibility index (Phi) is 4.44. The third-order valence-electron chi connectivity index (χ3n) is 2.03. The van der Waals surface area contributed by atoms with E-state index in [2.05, 4.69) is 41.8 Å². The van der Waals surface area contributed by atoms with Crippen LogP contribution in [0.1, 0.15) is 24.4 Å². The van der Waals surface area contributed by atoms with Crippen LogP contribution in [0.4, 0.5) is 0 Å². The number of rotatable bonds is 4. The molecule has 0 saturated heterocycles. The Balaban J connectivity index is 2.56. The molecular weight excluding hydrogens is 293 g/mol. The molecule has 0 fully saturated rings. The number of nitrogens with one attached hydrogen (secondary N) is 1. The first-order chi connectivity index (χ1) is 6.65. The van der Waals surface area contributed by atoms with Crippen molar-refractivity contribution >= 4 is 28.5 Å². The molecule has 1 rings (SSSR count). The van der Waals surface area contributed by atoms with E-state index in [1.807, 2.05) is 0 Å². The number of furan rings is 1. The third-order valence-corrected chi connectivity index (χ3v) is 2.98. The molecule has 0 saturated carbocycles. The summed E-state index contributed by atoms with van der Waals surface area (Å²) in [6.45, 7) is 4.18. The van der Waals surface area contributed by atoms with Gasteiger partial charge in [-0.2, -0.15) is 0 Å². The molecule has 0 aliphatic carbocycles. The molecule has 1 atom stereocenters. The first-order valence-electron chi connectivity index (χ1n) is 4.55. The number of carbonyl (C=O) groups excluding carboxylic acids is 1. The molecule has 0 aliphatic heterocycles. The molecule has 4 heteroatoms. The summed E-state index contributed by atoms with van der Waals surface area (Å²) in [7, 11) is 0. The Morgan fingerprint density at radius 1 is 1.64 bits per heavy atom. The molecule has 1 aromatic heterocycles.